The van der Waals surface area contributed by atoms with E-state index in [4.69, 9.17) is 0 Å². The number of rotatable bonds is 7. The first-order chi connectivity index (χ1) is 7.27. The standard InChI is InChI=1S/C11H21N3S/c1-4-12-10(2)11-8-13-14(9-11)6-5-7-15-3/h8-10,12H,4-7H2,1-3H3. The number of aromatic nitrogens is 2. The summed E-state index contributed by atoms with van der Waals surface area (Å²) in [6.45, 7) is 6.32. The summed E-state index contributed by atoms with van der Waals surface area (Å²) in [6.07, 6.45) is 7.44. The normalized spacial score (nSPS) is 13.0. The van der Waals surface area contributed by atoms with Crippen molar-refractivity contribution in [2.45, 2.75) is 32.9 Å². The third kappa shape index (κ3) is 4.26. The van der Waals surface area contributed by atoms with Crippen LogP contribution in [0.25, 0.3) is 0 Å². The van der Waals surface area contributed by atoms with Crippen LogP contribution in [0.3, 0.4) is 0 Å². The third-order valence-electron chi connectivity index (χ3n) is 2.40. The van der Waals surface area contributed by atoms with E-state index in [2.05, 4.69) is 36.7 Å². The van der Waals surface area contributed by atoms with Crippen molar-refractivity contribution in [2.75, 3.05) is 18.6 Å². The molecule has 1 atom stereocenters. The smallest absolute Gasteiger partial charge is 0.0537 e. The van der Waals surface area contributed by atoms with Crippen molar-refractivity contribution in [2.24, 2.45) is 0 Å². The predicted molar refractivity (Wildman–Crippen MR) is 67.3 cm³/mol. The molecule has 0 fully saturated rings. The largest absolute Gasteiger partial charge is 0.310 e. The summed E-state index contributed by atoms with van der Waals surface area (Å²) < 4.78 is 2.04. The quantitative estimate of drug-likeness (QED) is 0.725. The lowest BCUT2D eigenvalue weighted by Gasteiger charge is -2.08. The molecule has 4 heteroatoms. The zero-order valence-electron chi connectivity index (χ0n) is 9.86. The molecule has 1 aromatic rings. The van der Waals surface area contributed by atoms with Gasteiger partial charge in [0.2, 0.25) is 0 Å². The summed E-state index contributed by atoms with van der Waals surface area (Å²) in [7, 11) is 0. The van der Waals surface area contributed by atoms with Crippen LogP contribution in [0.5, 0.6) is 0 Å². The number of hydrogen-bond donors (Lipinski definition) is 1. The Morgan fingerprint density at radius 3 is 3.07 bits per heavy atom. The Hall–Kier alpha value is -0.480. The molecule has 1 N–H and O–H groups in total. The average molecular weight is 227 g/mol. The SMILES string of the molecule is CCNC(C)c1cnn(CCCSC)c1. The van der Waals surface area contributed by atoms with Crippen molar-refractivity contribution < 1.29 is 0 Å². The van der Waals surface area contributed by atoms with E-state index in [0.29, 0.717) is 6.04 Å². The van der Waals surface area contributed by atoms with Crippen LogP contribution < -0.4 is 5.32 Å². The van der Waals surface area contributed by atoms with Crippen molar-refractivity contribution in [1.29, 1.82) is 0 Å². The molecule has 0 radical (unpaired) electrons. The Labute approximate surface area is 96.6 Å². The Bertz CT molecular complexity index is 273. The number of thioether (sulfide) groups is 1. The first-order valence-corrected chi connectivity index (χ1v) is 6.92. The average Bonchev–Trinajstić information content (AvgIpc) is 2.67. The molecular formula is C11H21N3S. The minimum atomic E-state index is 0.407. The lowest BCUT2D eigenvalue weighted by molar-refractivity contribution is 0.588. The maximum atomic E-state index is 4.36. The zero-order valence-corrected chi connectivity index (χ0v) is 10.7. The highest BCUT2D eigenvalue weighted by Gasteiger charge is 2.05. The topological polar surface area (TPSA) is 29.9 Å². The summed E-state index contributed by atoms with van der Waals surface area (Å²) in [5.74, 6) is 1.21. The lowest BCUT2D eigenvalue weighted by Crippen LogP contribution is -2.17. The molecule has 0 spiro atoms. The van der Waals surface area contributed by atoms with Crippen LogP contribution in [0, 0.1) is 0 Å². The van der Waals surface area contributed by atoms with Crippen molar-refractivity contribution in [3.8, 4) is 0 Å². The number of hydrogen-bond acceptors (Lipinski definition) is 3. The monoisotopic (exact) mass is 227 g/mol. The first-order valence-electron chi connectivity index (χ1n) is 5.52. The van der Waals surface area contributed by atoms with Gasteiger partial charge in [-0.1, -0.05) is 6.92 Å². The van der Waals surface area contributed by atoms with E-state index in [1.54, 1.807) is 0 Å². The summed E-state index contributed by atoms with van der Waals surface area (Å²) in [5, 5.41) is 7.74. The van der Waals surface area contributed by atoms with E-state index in [1.807, 2.05) is 22.6 Å². The van der Waals surface area contributed by atoms with E-state index >= 15 is 0 Å². The van der Waals surface area contributed by atoms with Crippen LogP contribution >= 0.6 is 11.8 Å². The molecule has 3 nitrogen and oxygen atoms in total. The Kier molecular flexibility index (Phi) is 5.79. The van der Waals surface area contributed by atoms with Gasteiger partial charge in [-0.2, -0.15) is 16.9 Å². The summed E-state index contributed by atoms with van der Waals surface area (Å²) in [5.41, 5.74) is 1.28. The molecule has 0 aliphatic rings. The Morgan fingerprint density at radius 1 is 1.60 bits per heavy atom. The minimum Gasteiger partial charge on any atom is -0.310 e. The van der Waals surface area contributed by atoms with Gasteiger partial charge in [-0.25, -0.2) is 0 Å². The predicted octanol–water partition coefficient (Wildman–Crippen LogP) is 2.31. The number of aryl methyl sites for hydroxylation is 1. The molecule has 0 amide bonds. The molecule has 0 aliphatic heterocycles. The van der Waals surface area contributed by atoms with Crippen LogP contribution in [0.2, 0.25) is 0 Å². The van der Waals surface area contributed by atoms with Gasteiger partial charge in [-0.05, 0) is 31.9 Å². The molecule has 1 aromatic heterocycles. The molecule has 15 heavy (non-hydrogen) atoms. The maximum absolute atomic E-state index is 4.36. The van der Waals surface area contributed by atoms with Gasteiger partial charge in [0, 0.05) is 24.3 Å². The molecule has 0 saturated carbocycles. The zero-order chi connectivity index (χ0) is 11.1. The fourth-order valence-electron chi connectivity index (χ4n) is 1.52. The van der Waals surface area contributed by atoms with E-state index in [0.717, 1.165) is 13.1 Å². The first kappa shape index (κ1) is 12.6. The summed E-state index contributed by atoms with van der Waals surface area (Å²) in [4.78, 5) is 0. The van der Waals surface area contributed by atoms with Crippen molar-refractivity contribution >= 4 is 11.8 Å². The number of nitrogens with one attached hydrogen (secondary N) is 1. The molecule has 1 heterocycles. The third-order valence-corrected chi connectivity index (χ3v) is 3.10. The van der Waals surface area contributed by atoms with Gasteiger partial charge in [-0.3, -0.25) is 4.68 Å². The molecule has 1 rings (SSSR count). The second kappa shape index (κ2) is 6.90. The molecule has 86 valence electrons. The van der Waals surface area contributed by atoms with Crippen LogP contribution in [0.15, 0.2) is 12.4 Å². The van der Waals surface area contributed by atoms with Gasteiger partial charge in [0.05, 0.1) is 6.20 Å². The second-order valence-electron chi connectivity index (χ2n) is 3.66. The molecule has 0 aliphatic carbocycles. The summed E-state index contributed by atoms with van der Waals surface area (Å²) >= 11 is 1.89. The summed E-state index contributed by atoms with van der Waals surface area (Å²) in [6, 6.07) is 0.407. The Balaban J connectivity index is 2.41. The highest BCUT2D eigenvalue weighted by molar-refractivity contribution is 7.98. The van der Waals surface area contributed by atoms with E-state index in [1.165, 1.54) is 17.7 Å². The van der Waals surface area contributed by atoms with E-state index in [-0.39, 0.29) is 0 Å². The van der Waals surface area contributed by atoms with Crippen molar-refractivity contribution in [3.05, 3.63) is 18.0 Å². The highest BCUT2D eigenvalue weighted by atomic mass is 32.2. The van der Waals surface area contributed by atoms with Crippen LogP contribution in [0.4, 0.5) is 0 Å². The minimum absolute atomic E-state index is 0.407. The molecular weight excluding hydrogens is 206 g/mol. The highest BCUT2D eigenvalue weighted by Crippen LogP contribution is 2.10. The molecule has 0 aromatic carbocycles. The second-order valence-corrected chi connectivity index (χ2v) is 4.65. The number of nitrogens with zero attached hydrogens (tertiary/aromatic N) is 2. The van der Waals surface area contributed by atoms with Gasteiger partial charge in [-0.15, -0.1) is 0 Å². The van der Waals surface area contributed by atoms with Gasteiger partial charge >= 0.3 is 0 Å². The maximum Gasteiger partial charge on any atom is 0.0537 e. The molecule has 0 bridgehead atoms. The van der Waals surface area contributed by atoms with Crippen LogP contribution in [0.1, 0.15) is 31.9 Å². The van der Waals surface area contributed by atoms with Gasteiger partial charge in [0.1, 0.15) is 0 Å². The molecule has 0 saturated heterocycles. The van der Waals surface area contributed by atoms with E-state index in [9.17, 15) is 0 Å². The fraction of sp³-hybridized carbons (Fsp3) is 0.727. The van der Waals surface area contributed by atoms with Crippen LogP contribution in [-0.4, -0.2) is 28.3 Å². The van der Waals surface area contributed by atoms with Crippen molar-refractivity contribution in [1.82, 2.24) is 15.1 Å². The molecule has 1 unspecified atom stereocenters. The van der Waals surface area contributed by atoms with E-state index < -0.39 is 0 Å². The Morgan fingerprint density at radius 2 is 2.40 bits per heavy atom. The fourth-order valence-corrected chi connectivity index (χ4v) is 1.94. The lowest BCUT2D eigenvalue weighted by atomic mass is 10.2. The van der Waals surface area contributed by atoms with Gasteiger partial charge in [0.25, 0.3) is 0 Å². The van der Waals surface area contributed by atoms with Crippen LogP contribution in [-0.2, 0) is 6.54 Å². The van der Waals surface area contributed by atoms with Gasteiger partial charge in [0.15, 0.2) is 0 Å². The van der Waals surface area contributed by atoms with Crippen molar-refractivity contribution in [3.63, 3.8) is 0 Å². The van der Waals surface area contributed by atoms with Gasteiger partial charge < -0.3 is 5.32 Å².